The van der Waals surface area contributed by atoms with Gasteiger partial charge in [0.15, 0.2) is 0 Å². The molecule has 2 aromatic rings. The van der Waals surface area contributed by atoms with E-state index in [1.807, 2.05) is 48.5 Å². The maximum absolute atomic E-state index is 11.7. The minimum Gasteiger partial charge on any atom is -0.334 e. The topological polar surface area (TPSA) is 58.2 Å². The van der Waals surface area contributed by atoms with Gasteiger partial charge in [0.1, 0.15) is 0 Å². The summed E-state index contributed by atoms with van der Waals surface area (Å²) in [4.78, 5) is 24.3. The van der Waals surface area contributed by atoms with Crippen LogP contribution in [-0.4, -0.2) is 17.7 Å². The highest BCUT2D eigenvalue weighted by Gasteiger charge is 2.07. The normalized spacial score (nSPS) is 10.1. The van der Waals surface area contributed by atoms with Crippen LogP contribution in [0.2, 0.25) is 5.02 Å². The van der Waals surface area contributed by atoms with Gasteiger partial charge >= 0.3 is 6.03 Å². The van der Waals surface area contributed by atoms with Crippen LogP contribution < -0.4 is 10.6 Å². The summed E-state index contributed by atoms with van der Waals surface area (Å²) < 4.78 is 0. The Morgan fingerprint density at radius 3 is 2.57 bits per heavy atom. The SMILES string of the molecule is O=C(CCSc1cccc(Cl)c1)NC(=O)NCc1ccccc1. The fraction of sp³-hybridized carbons (Fsp3) is 0.176. The number of benzene rings is 2. The quantitative estimate of drug-likeness (QED) is 0.779. The number of rotatable bonds is 6. The maximum Gasteiger partial charge on any atom is 0.321 e. The highest BCUT2D eigenvalue weighted by Crippen LogP contribution is 2.21. The largest absolute Gasteiger partial charge is 0.334 e. The van der Waals surface area contributed by atoms with E-state index in [0.29, 0.717) is 17.3 Å². The van der Waals surface area contributed by atoms with Gasteiger partial charge in [-0.1, -0.05) is 48.0 Å². The first-order valence-electron chi connectivity index (χ1n) is 7.13. The zero-order chi connectivity index (χ0) is 16.5. The Kier molecular flexibility index (Phi) is 6.97. The summed E-state index contributed by atoms with van der Waals surface area (Å²) in [5.74, 6) is 0.281. The lowest BCUT2D eigenvalue weighted by Gasteiger charge is -2.07. The second kappa shape index (κ2) is 9.22. The Morgan fingerprint density at radius 2 is 1.83 bits per heavy atom. The van der Waals surface area contributed by atoms with Gasteiger partial charge in [0.25, 0.3) is 0 Å². The average molecular weight is 349 g/mol. The number of imide groups is 1. The second-order valence-electron chi connectivity index (χ2n) is 4.77. The molecule has 2 rings (SSSR count). The molecule has 0 unspecified atom stereocenters. The molecule has 0 aliphatic rings. The Morgan fingerprint density at radius 1 is 1.04 bits per heavy atom. The summed E-state index contributed by atoms with van der Waals surface area (Å²) in [6.07, 6.45) is 0.260. The van der Waals surface area contributed by atoms with Crippen molar-refractivity contribution in [3.05, 3.63) is 65.2 Å². The van der Waals surface area contributed by atoms with Crippen LogP contribution in [0.15, 0.2) is 59.5 Å². The van der Waals surface area contributed by atoms with Crippen LogP contribution in [0.3, 0.4) is 0 Å². The van der Waals surface area contributed by atoms with Crippen molar-refractivity contribution >= 4 is 35.3 Å². The van der Waals surface area contributed by atoms with Crippen molar-refractivity contribution < 1.29 is 9.59 Å². The molecule has 4 nitrogen and oxygen atoms in total. The van der Waals surface area contributed by atoms with Gasteiger partial charge in [0.05, 0.1) is 0 Å². The van der Waals surface area contributed by atoms with Crippen LogP contribution >= 0.6 is 23.4 Å². The number of hydrogen-bond donors (Lipinski definition) is 2. The molecule has 0 atom stereocenters. The van der Waals surface area contributed by atoms with Gasteiger partial charge in [0, 0.05) is 28.6 Å². The lowest BCUT2D eigenvalue weighted by Crippen LogP contribution is -2.39. The summed E-state index contributed by atoms with van der Waals surface area (Å²) in [5.41, 5.74) is 0.978. The van der Waals surface area contributed by atoms with Crippen molar-refractivity contribution in [2.75, 3.05) is 5.75 Å². The summed E-state index contributed by atoms with van der Waals surface area (Å²) in [7, 11) is 0. The molecule has 0 aliphatic carbocycles. The molecule has 2 N–H and O–H groups in total. The van der Waals surface area contributed by atoms with Crippen LogP contribution in [-0.2, 0) is 11.3 Å². The van der Waals surface area contributed by atoms with E-state index in [1.54, 1.807) is 6.07 Å². The second-order valence-corrected chi connectivity index (χ2v) is 6.38. The zero-order valence-electron chi connectivity index (χ0n) is 12.4. The number of hydrogen-bond acceptors (Lipinski definition) is 3. The fourth-order valence-electron chi connectivity index (χ4n) is 1.83. The van der Waals surface area contributed by atoms with Crippen LogP contribution in [0.5, 0.6) is 0 Å². The molecule has 0 radical (unpaired) electrons. The molecule has 0 spiro atoms. The van der Waals surface area contributed by atoms with Gasteiger partial charge in [-0.05, 0) is 23.8 Å². The van der Waals surface area contributed by atoms with Crippen LogP contribution in [0.25, 0.3) is 0 Å². The van der Waals surface area contributed by atoms with Crippen LogP contribution in [0, 0.1) is 0 Å². The summed E-state index contributed by atoms with van der Waals surface area (Å²) >= 11 is 7.42. The number of amides is 3. The van der Waals surface area contributed by atoms with Gasteiger partial charge in [0.2, 0.25) is 5.91 Å². The van der Waals surface area contributed by atoms with Crippen molar-refractivity contribution in [1.82, 2.24) is 10.6 Å². The van der Waals surface area contributed by atoms with E-state index < -0.39 is 6.03 Å². The molecule has 0 aliphatic heterocycles. The smallest absolute Gasteiger partial charge is 0.321 e. The van der Waals surface area contributed by atoms with Crippen molar-refractivity contribution in [3.8, 4) is 0 Å². The predicted octanol–water partition coefficient (Wildman–Crippen LogP) is 3.85. The van der Waals surface area contributed by atoms with E-state index in [0.717, 1.165) is 10.5 Å². The summed E-state index contributed by atoms with van der Waals surface area (Å²) in [6.45, 7) is 0.386. The molecule has 120 valence electrons. The number of halogens is 1. The highest BCUT2D eigenvalue weighted by atomic mass is 35.5. The number of carbonyl (C=O) groups is 2. The molecular formula is C17H17ClN2O2S. The Bertz CT molecular complexity index is 665. The molecule has 0 saturated carbocycles. The molecule has 23 heavy (non-hydrogen) atoms. The van der Waals surface area contributed by atoms with E-state index in [9.17, 15) is 9.59 Å². The van der Waals surface area contributed by atoms with Crippen molar-refractivity contribution in [3.63, 3.8) is 0 Å². The third-order valence-corrected chi connectivity index (χ3v) is 4.17. The Labute approximate surface area is 144 Å². The van der Waals surface area contributed by atoms with E-state index in [1.165, 1.54) is 11.8 Å². The molecule has 2 aromatic carbocycles. The number of carbonyl (C=O) groups excluding carboxylic acids is 2. The predicted molar refractivity (Wildman–Crippen MR) is 93.6 cm³/mol. The number of thioether (sulfide) groups is 1. The van der Waals surface area contributed by atoms with E-state index in [2.05, 4.69) is 10.6 Å². The lowest BCUT2D eigenvalue weighted by atomic mass is 10.2. The van der Waals surface area contributed by atoms with Crippen molar-refractivity contribution in [1.29, 1.82) is 0 Å². The summed E-state index contributed by atoms with van der Waals surface area (Å²) in [5, 5.41) is 5.64. The first kappa shape index (κ1) is 17.4. The lowest BCUT2D eigenvalue weighted by molar-refractivity contribution is -0.119. The molecule has 0 aromatic heterocycles. The minimum absolute atomic E-state index is 0.260. The van der Waals surface area contributed by atoms with Crippen LogP contribution in [0.1, 0.15) is 12.0 Å². The third-order valence-electron chi connectivity index (χ3n) is 2.94. The Hall–Kier alpha value is -1.98. The monoisotopic (exact) mass is 348 g/mol. The first-order valence-corrected chi connectivity index (χ1v) is 8.50. The van der Waals surface area contributed by atoms with Crippen LogP contribution in [0.4, 0.5) is 4.79 Å². The molecule has 3 amide bonds. The maximum atomic E-state index is 11.7. The van der Waals surface area contributed by atoms with Gasteiger partial charge in [-0.2, -0.15) is 0 Å². The van der Waals surface area contributed by atoms with Crippen molar-refractivity contribution in [2.45, 2.75) is 17.9 Å². The highest BCUT2D eigenvalue weighted by molar-refractivity contribution is 7.99. The first-order chi connectivity index (χ1) is 11.1. The van der Waals surface area contributed by atoms with Gasteiger partial charge in [-0.15, -0.1) is 11.8 Å². The Balaban J connectivity index is 1.65. The average Bonchev–Trinajstić information content (AvgIpc) is 2.54. The fourth-order valence-corrected chi connectivity index (χ4v) is 2.99. The molecule has 6 heteroatoms. The number of nitrogens with one attached hydrogen (secondary N) is 2. The number of urea groups is 1. The van der Waals surface area contributed by atoms with Gasteiger partial charge in [-0.3, -0.25) is 10.1 Å². The molecular weight excluding hydrogens is 332 g/mol. The zero-order valence-corrected chi connectivity index (χ0v) is 14.0. The summed E-state index contributed by atoms with van der Waals surface area (Å²) in [6, 6.07) is 16.5. The third kappa shape index (κ3) is 6.76. The van der Waals surface area contributed by atoms with Gasteiger partial charge < -0.3 is 5.32 Å². The van der Waals surface area contributed by atoms with Gasteiger partial charge in [-0.25, -0.2) is 4.79 Å². The van der Waals surface area contributed by atoms with Crippen molar-refractivity contribution in [2.24, 2.45) is 0 Å². The van der Waals surface area contributed by atoms with E-state index >= 15 is 0 Å². The van der Waals surface area contributed by atoms with E-state index in [-0.39, 0.29) is 12.3 Å². The molecule has 0 heterocycles. The molecule has 0 saturated heterocycles. The standard InChI is InChI=1S/C17H17ClN2O2S/c18-14-7-4-8-15(11-14)23-10-9-16(21)20-17(22)19-12-13-5-2-1-3-6-13/h1-8,11H,9-10,12H2,(H2,19,20,21,22). The minimum atomic E-state index is -0.480. The molecule has 0 fully saturated rings. The van der Waals surface area contributed by atoms with E-state index in [4.69, 9.17) is 11.6 Å². The molecule has 0 bridgehead atoms.